The summed E-state index contributed by atoms with van der Waals surface area (Å²) < 4.78 is 74.9. The van der Waals surface area contributed by atoms with Gasteiger partial charge in [-0.3, -0.25) is 4.90 Å². The lowest BCUT2D eigenvalue weighted by molar-refractivity contribution is -0.325. The Kier molecular flexibility index (Phi) is 6.81. The third-order valence-corrected chi connectivity index (χ3v) is 7.13. The highest BCUT2D eigenvalue weighted by Crippen LogP contribution is 2.52. The number of piperidine rings is 1. The average molecular weight is 583 g/mol. The summed E-state index contributed by atoms with van der Waals surface area (Å²) in [5.41, 5.74) is -2.15. The largest absolute Gasteiger partial charge is 0.485 e. The minimum Gasteiger partial charge on any atom is -0.485 e. The zero-order valence-corrected chi connectivity index (χ0v) is 19.7. The minimum absolute atomic E-state index is 0.167. The maximum atomic E-state index is 13.8. The molecule has 4 nitrogen and oxygen atoms in total. The molecule has 1 saturated heterocycles. The molecule has 2 aromatic rings. The summed E-state index contributed by atoms with van der Waals surface area (Å²) in [6, 6.07) is 15.1. The van der Waals surface area contributed by atoms with Crippen LogP contribution in [-0.4, -0.2) is 45.4 Å². The van der Waals surface area contributed by atoms with Crippen molar-refractivity contribution in [2.75, 3.05) is 19.7 Å². The van der Waals surface area contributed by atoms with Crippen LogP contribution in [0.5, 0.6) is 11.5 Å². The second kappa shape index (κ2) is 9.18. The van der Waals surface area contributed by atoms with Gasteiger partial charge in [0, 0.05) is 35.1 Å². The lowest BCUT2D eigenvalue weighted by Crippen LogP contribution is -2.62. The van der Waals surface area contributed by atoms with Crippen LogP contribution in [0.4, 0.5) is 22.0 Å². The van der Waals surface area contributed by atoms with Crippen LogP contribution in [-0.2, 0) is 6.54 Å². The molecule has 0 aromatic heterocycles. The van der Waals surface area contributed by atoms with Crippen LogP contribution in [0.2, 0.25) is 0 Å². The molecule has 1 N–H and O–H groups in total. The Hall–Kier alpha value is -1.66. The summed E-state index contributed by atoms with van der Waals surface area (Å²) >= 11 is 0.392. The second-order valence-corrected chi connectivity index (χ2v) is 9.77. The summed E-state index contributed by atoms with van der Waals surface area (Å²) in [5.74, 6) is -0.183. The molecule has 10 heteroatoms. The van der Waals surface area contributed by atoms with Crippen molar-refractivity contribution < 1.29 is 36.5 Å². The number of benzene rings is 2. The van der Waals surface area contributed by atoms with Crippen LogP contribution in [0.15, 0.2) is 48.5 Å². The normalized spacial score (nSPS) is 22.1. The smallest absolute Gasteiger partial charge is 0.424 e. The van der Waals surface area contributed by atoms with Crippen molar-refractivity contribution >= 4 is 22.6 Å². The first kappa shape index (κ1) is 24.5. The molecule has 2 aromatic carbocycles. The van der Waals surface area contributed by atoms with Crippen molar-refractivity contribution in [2.24, 2.45) is 5.92 Å². The van der Waals surface area contributed by atoms with Gasteiger partial charge in [0.05, 0.1) is 0 Å². The number of halogens is 6. The van der Waals surface area contributed by atoms with E-state index < -0.39 is 21.6 Å². The molecule has 1 unspecified atom stereocenters. The molecular formula is C23H23F5INO3. The summed E-state index contributed by atoms with van der Waals surface area (Å²) in [7, 11) is 0. The van der Waals surface area contributed by atoms with Crippen LogP contribution < -0.4 is 9.47 Å². The van der Waals surface area contributed by atoms with Gasteiger partial charge in [0.1, 0.15) is 6.61 Å². The average Bonchev–Trinajstić information content (AvgIpc) is 2.78. The number of likely N-dealkylation sites (tertiary alicyclic amines) is 1. The highest BCUT2D eigenvalue weighted by atomic mass is 127. The fourth-order valence-corrected chi connectivity index (χ4v) is 5.16. The molecule has 0 spiro atoms. The summed E-state index contributed by atoms with van der Waals surface area (Å²) in [6.45, 7) is 1.23. The number of hydrogen-bond acceptors (Lipinski definition) is 4. The van der Waals surface area contributed by atoms with E-state index >= 15 is 0 Å². The van der Waals surface area contributed by atoms with E-state index in [0.717, 1.165) is 11.1 Å². The lowest BCUT2D eigenvalue weighted by Gasteiger charge is -2.44. The number of aliphatic hydroxyl groups is 1. The van der Waals surface area contributed by atoms with Gasteiger partial charge in [0.2, 0.25) is 5.60 Å². The Morgan fingerprint density at radius 1 is 0.939 bits per heavy atom. The zero-order chi connectivity index (χ0) is 23.9. The van der Waals surface area contributed by atoms with Gasteiger partial charge >= 0.3 is 10.1 Å². The van der Waals surface area contributed by atoms with Crippen LogP contribution in [0.3, 0.4) is 0 Å². The fraction of sp³-hybridized carbons (Fsp3) is 0.478. The first-order valence-corrected chi connectivity index (χ1v) is 11.6. The van der Waals surface area contributed by atoms with E-state index in [2.05, 4.69) is 0 Å². The summed E-state index contributed by atoms with van der Waals surface area (Å²) in [4.78, 5) is 1.91. The van der Waals surface area contributed by atoms with Gasteiger partial charge in [0.25, 0.3) is 0 Å². The van der Waals surface area contributed by atoms with Crippen molar-refractivity contribution in [3.05, 3.63) is 59.7 Å². The molecule has 0 bridgehead atoms. The standard InChI is InChI=1S/C23H23F5INO3/c24-22(25,26)21(31,23(27,28)29)17-9-11-30(12-10-17)13-15-5-7-16(8-6-15)20-14-32-18-3-1-2-4-19(18)33-20/h1-8,17,20,31H,9-14H2/t20-,21?/m1/s1. The molecule has 2 aliphatic heterocycles. The van der Waals surface area contributed by atoms with E-state index in [1.54, 1.807) is 0 Å². The number of nitrogens with zero attached hydrogens (tertiary/aromatic N) is 1. The molecule has 180 valence electrons. The number of para-hydroxylation sites is 2. The maximum absolute atomic E-state index is 13.8. The number of hydrogen-bond donors (Lipinski definition) is 1. The number of ether oxygens (including phenoxy) is 2. The van der Waals surface area contributed by atoms with Crippen LogP contribution in [0, 0.1) is 5.92 Å². The topological polar surface area (TPSA) is 41.9 Å². The first-order valence-electron chi connectivity index (χ1n) is 10.5. The Morgan fingerprint density at radius 2 is 1.55 bits per heavy atom. The molecule has 0 aliphatic carbocycles. The Labute approximate surface area is 201 Å². The minimum atomic E-state index is -5.41. The van der Waals surface area contributed by atoms with Crippen molar-refractivity contribution in [1.29, 1.82) is 0 Å². The highest BCUT2D eigenvalue weighted by Gasteiger charge is 2.71. The highest BCUT2D eigenvalue weighted by molar-refractivity contribution is 14.1. The van der Waals surface area contributed by atoms with Crippen LogP contribution in [0.25, 0.3) is 0 Å². The fourth-order valence-electron chi connectivity index (χ4n) is 4.41. The quantitative estimate of drug-likeness (QED) is 0.278. The van der Waals surface area contributed by atoms with Gasteiger partial charge in [-0.15, -0.1) is 0 Å². The Balaban J connectivity index is 1.35. The predicted octanol–water partition coefficient (Wildman–Crippen LogP) is 5.73. The molecule has 2 aliphatic rings. The van der Waals surface area contributed by atoms with E-state index in [0.29, 0.717) is 47.2 Å². The van der Waals surface area contributed by atoms with Gasteiger partial charge in [-0.25, -0.2) is 0 Å². The predicted molar refractivity (Wildman–Crippen MR) is 120 cm³/mol. The van der Waals surface area contributed by atoms with Crippen molar-refractivity contribution in [2.45, 2.75) is 41.2 Å². The van der Waals surface area contributed by atoms with E-state index in [1.807, 2.05) is 53.4 Å². The molecule has 0 amide bonds. The van der Waals surface area contributed by atoms with Crippen molar-refractivity contribution in [1.82, 2.24) is 4.90 Å². The lowest BCUT2D eigenvalue weighted by atomic mass is 9.80. The van der Waals surface area contributed by atoms with E-state index in [-0.39, 0.29) is 32.0 Å². The van der Waals surface area contributed by atoms with E-state index in [4.69, 9.17) is 9.47 Å². The Bertz CT molecular complexity index is 942. The van der Waals surface area contributed by atoms with Crippen molar-refractivity contribution in [3.8, 4) is 11.5 Å². The summed E-state index contributed by atoms with van der Waals surface area (Å²) in [6.07, 6.45) is -6.00. The monoisotopic (exact) mass is 583 g/mol. The molecule has 1 fully saturated rings. The summed E-state index contributed by atoms with van der Waals surface area (Å²) in [5, 5.41) is 9.98. The Morgan fingerprint density at radius 3 is 2.12 bits per heavy atom. The third kappa shape index (κ3) is 4.93. The SMILES string of the molecule is OC(C1CCN(Cc2ccc([C@H]3COc4ccccc4O3)cc2)CC1)(C(F)(F)F)C(F)(F)I. The molecule has 0 radical (unpaired) electrons. The zero-order valence-electron chi connectivity index (χ0n) is 17.5. The number of rotatable bonds is 5. The maximum Gasteiger partial charge on any atom is 0.424 e. The van der Waals surface area contributed by atoms with E-state index in [9.17, 15) is 27.1 Å². The van der Waals surface area contributed by atoms with Crippen LogP contribution >= 0.6 is 22.6 Å². The van der Waals surface area contributed by atoms with Crippen molar-refractivity contribution in [3.63, 3.8) is 0 Å². The van der Waals surface area contributed by atoms with Gasteiger partial charge in [-0.1, -0.05) is 36.4 Å². The molecule has 2 heterocycles. The van der Waals surface area contributed by atoms with Gasteiger partial charge in [0.15, 0.2) is 17.6 Å². The van der Waals surface area contributed by atoms with Crippen LogP contribution in [0.1, 0.15) is 30.1 Å². The van der Waals surface area contributed by atoms with Gasteiger partial charge in [-0.05, 0) is 49.2 Å². The third-order valence-electron chi connectivity index (χ3n) is 6.31. The van der Waals surface area contributed by atoms with E-state index in [1.165, 1.54) is 0 Å². The molecule has 2 atom stereocenters. The number of alkyl halides is 6. The number of fused-ring (bicyclic) bond motifs is 1. The molecule has 0 saturated carbocycles. The molecule has 33 heavy (non-hydrogen) atoms. The van der Waals surface area contributed by atoms with Gasteiger partial charge in [-0.2, -0.15) is 22.0 Å². The first-order chi connectivity index (χ1) is 15.5. The second-order valence-electron chi connectivity index (χ2n) is 8.42. The molecule has 4 rings (SSSR count). The molecular weight excluding hydrogens is 560 g/mol. The van der Waals surface area contributed by atoms with Gasteiger partial charge < -0.3 is 14.6 Å².